The second kappa shape index (κ2) is 5.58. The maximum absolute atomic E-state index is 12.1. The van der Waals surface area contributed by atoms with Gasteiger partial charge in [0.25, 0.3) is 5.91 Å². The van der Waals surface area contributed by atoms with E-state index in [1.165, 1.54) is 11.3 Å². The van der Waals surface area contributed by atoms with E-state index in [0.717, 1.165) is 12.4 Å². The Morgan fingerprint density at radius 2 is 2.39 bits per heavy atom. The highest BCUT2D eigenvalue weighted by atomic mass is 32.1. The van der Waals surface area contributed by atoms with E-state index in [9.17, 15) is 4.79 Å². The molecule has 0 radical (unpaired) electrons. The zero-order valence-corrected chi connectivity index (χ0v) is 11.0. The molecule has 2 aromatic heterocycles. The molecule has 0 bridgehead atoms. The van der Waals surface area contributed by atoms with Gasteiger partial charge in [0.2, 0.25) is 10.1 Å². The van der Waals surface area contributed by atoms with Crippen LogP contribution in [0.1, 0.15) is 22.6 Å². The molecule has 2 rings (SSSR count). The number of hydrogen-bond donors (Lipinski definition) is 2. The average molecular weight is 266 g/mol. The highest BCUT2D eigenvalue weighted by molar-refractivity contribution is 7.17. The van der Waals surface area contributed by atoms with Gasteiger partial charge in [-0.3, -0.25) is 4.79 Å². The minimum atomic E-state index is -0.159. The lowest BCUT2D eigenvalue weighted by Gasteiger charge is -2.13. The number of anilines is 1. The molecule has 0 saturated carbocycles. The van der Waals surface area contributed by atoms with Crippen LogP contribution in [0.25, 0.3) is 0 Å². The summed E-state index contributed by atoms with van der Waals surface area (Å²) >= 11 is 1.25. The van der Waals surface area contributed by atoms with Crippen molar-refractivity contribution >= 4 is 22.4 Å². The Morgan fingerprint density at radius 3 is 3.06 bits per heavy atom. The van der Waals surface area contributed by atoms with Crippen molar-refractivity contribution < 1.29 is 4.79 Å². The van der Waals surface area contributed by atoms with Gasteiger partial charge in [-0.2, -0.15) is 0 Å². The molecule has 0 saturated heterocycles. The molecule has 18 heavy (non-hydrogen) atoms. The molecule has 0 aliphatic heterocycles. The fraction of sp³-hybridized carbons (Fsp3) is 0.400. The first-order valence-electron chi connectivity index (χ1n) is 5.51. The zero-order valence-electron chi connectivity index (χ0n) is 10.2. The van der Waals surface area contributed by atoms with Gasteiger partial charge in [-0.05, 0) is 6.92 Å². The largest absolute Gasteiger partial charge is 0.360 e. The smallest absolute Gasteiger partial charge is 0.285 e. The molecule has 2 aromatic rings. The van der Waals surface area contributed by atoms with Gasteiger partial charge in [-0.15, -0.1) is 10.2 Å². The summed E-state index contributed by atoms with van der Waals surface area (Å²) in [4.78, 5) is 20.6. The molecule has 0 spiro atoms. The van der Waals surface area contributed by atoms with Gasteiger partial charge in [-0.1, -0.05) is 11.3 Å². The summed E-state index contributed by atoms with van der Waals surface area (Å²) in [5.74, 6) is 0.579. The molecule has 2 heterocycles. The molecule has 7 nitrogen and oxygen atoms in total. The zero-order chi connectivity index (χ0) is 13.0. The average Bonchev–Trinajstić information content (AvgIpc) is 3.00. The Labute approximate surface area is 108 Å². The SMILES string of the molecule is CCNc1nnc(C(=O)N(C)Cc2ncc[nH]2)s1. The van der Waals surface area contributed by atoms with Crippen molar-refractivity contribution in [3.8, 4) is 0 Å². The highest BCUT2D eigenvalue weighted by Gasteiger charge is 2.17. The number of nitrogens with zero attached hydrogens (tertiary/aromatic N) is 4. The Kier molecular flexibility index (Phi) is 3.88. The summed E-state index contributed by atoms with van der Waals surface area (Å²) in [6, 6.07) is 0. The van der Waals surface area contributed by atoms with Crippen LogP contribution in [-0.2, 0) is 6.54 Å². The first-order valence-corrected chi connectivity index (χ1v) is 6.33. The summed E-state index contributed by atoms with van der Waals surface area (Å²) < 4.78 is 0. The van der Waals surface area contributed by atoms with E-state index in [-0.39, 0.29) is 5.91 Å². The number of aromatic nitrogens is 4. The Bertz CT molecular complexity index is 508. The van der Waals surface area contributed by atoms with Crippen molar-refractivity contribution in [1.82, 2.24) is 25.1 Å². The number of carbonyl (C=O) groups is 1. The van der Waals surface area contributed by atoms with Crippen molar-refractivity contribution in [2.24, 2.45) is 0 Å². The molecule has 8 heteroatoms. The van der Waals surface area contributed by atoms with Crippen LogP contribution in [0.5, 0.6) is 0 Å². The second-order valence-electron chi connectivity index (χ2n) is 3.64. The molecule has 0 aliphatic rings. The van der Waals surface area contributed by atoms with Crippen LogP contribution in [0.3, 0.4) is 0 Å². The summed E-state index contributed by atoms with van der Waals surface area (Å²) in [6.45, 7) is 3.14. The van der Waals surface area contributed by atoms with Gasteiger partial charge in [0.1, 0.15) is 5.82 Å². The third-order valence-electron chi connectivity index (χ3n) is 2.22. The third kappa shape index (κ3) is 2.83. The molecule has 0 unspecified atom stereocenters. The summed E-state index contributed by atoms with van der Waals surface area (Å²) in [5, 5.41) is 11.8. The van der Waals surface area contributed by atoms with E-state index in [1.54, 1.807) is 24.3 Å². The molecular formula is C10H14N6OS. The number of amides is 1. The molecule has 0 aromatic carbocycles. The molecule has 0 atom stereocenters. The predicted octanol–water partition coefficient (Wildman–Crippen LogP) is 0.965. The fourth-order valence-electron chi connectivity index (χ4n) is 1.38. The van der Waals surface area contributed by atoms with Crippen LogP contribution in [0.15, 0.2) is 12.4 Å². The quantitative estimate of drug-likeness (QED) is 0.842. The first kappa shape index (κ1) is 12.5. The number of carbonyl (C=O) groups excluding carboxylic acids is 1. The summed E-state index contributed by atoms with van der Waals surface area (Å²) in [6.07, 6.45) is 3.38. The van der Waals surface area contributed by atoms with Gasteiger partial charge < -0.3 is 15.2 Å². The first-order chi connectivity index (χ1) is 8.70. The van der Waals surface area contributed by atoms with Gasteiger partial charge >= 0.3 is 0 Å². The van der Waals surface area contributed by atoms with Gasteiger partial charge in [-0.25, -0.2) is 4.98 Å². The van der Waals surface area contributed by atoms with Gasteiger partial charge in [0.05, 0.1) is 6.54 Å². The van der Waals surface area contributed by atoms with E-state index < -0.39 is 0 Å². The maximum Gasteiger partial charge on any atom is 0.285 e. The van der Waals surface area contributed by atoms with Crippen LogP contribution in [-0.4, -0.2) is 44.6 Å². The number of H-pyrrole nitrogens is 1. The number of nitrogens with one attached hydrogen (secondary N) is 2. The topological polar surface area (TPSA) is 86.8 Å². The van der Waals surface area contributed by atoms with E-state index in [0.29, 0.717) is 16.7 Å². The van der Waals surface area contributed by atoms with Crippen LogP contribution >= 0.6 is 11.3 Å². The van der Waals surface area contributed by atoms with E-state index >= 15 is 0 Å². The molecule has 1 amide bonds. The Morgan fingerprint density at radius 1 is 1.56 bits per heavy atom. The lowest BCUT2D eigenvalue weighted by Crippen LogP contribution is -2.26. The van der Waals surface area contributed by atoms with Crippen LogP contribution in [0.4, 0.5) is 5.13 Å². The molecule has 2 N–H and O–H groups in total. The van der Waals surface area contributed by atoms with Crippen LogP contribution < -0.4 is 5.32 Å². The van der Waals surface area contributed by atoms with Crippen molar-refractivity contribution in [3.63, 3.8) is 0 Å². The van der Waals surface area contributed by atoms with Gasteiger partial charge in [0.15, 0.2) is 0 Å². The van der Waals surface area contributed by atoms with Crippen LogP contribution in [0.2, 0.25) is 0 Å². The lowest BCUT2D eigenvalue weighted by molar-refractivity contribution is 0.0780. The lowest BCUT2D eigenvalue weighted by atomic mass is 10.5. The minimum Gasteiger partial charge on any atom is -0.360 e. The third-order valence-corrected chi connectivity index (χ3v) is 3.09. The molecular weight excluding hydrogens is 252 g/mol. The van der Waals surface area contributed by atoms with E-state index in [1.807, 2.05) is 6.92 Å². The van der Waals surface area contributed by atoms with Crippen LogP contribution in [0, 0.1) is 0 Å². The molecule has 96 valence electrons. The maximum atomic E-state index is 12.1. The Hall–Kier alpha value is -1.96. The molecule has 0 aliphatic carbocycles. The number of rotatable bonds is 5. The van der Waals surface area contributed by atoms with Gasteiger partial charge in [0, 0.05) is 26.0 Å². The predicted molar refractivity (Wildman–Crippen MR) is 68.5 cm³/mol. The standard InChI is InChI=1S/C10H14N6OS/c1-3-11-10-15-14-8(18-10)9(17)16(2)6-7-12-4-5-13-7/h4-5H,3,6H2,1-2H3,(H,11,15)(H,12,13). The van der Waals surface area contributed by atoms with E-state index in [4.69, 9.17) is 0 Å². The van der Waals surface area contributed by atoms with Crippen molar-refractivity contribution in [2.45, 2.75) is 13.5 Å². The fourth-order valence-corrected chi connectivity index (χ4v) is 2.18. The van der Waals surface area contributed by atoms with Crippen molar-refractivity contribution in [3.05, 3.63) is 23.2 Å². The number of hydrogen-bond acceptors (Lipinski definition) is 6. The molecule has 0 fully saturated rings. The minimum absolute atomic E-state index is 0.159. The normalized spacial score (nSPS) is 10.3. The number of aromatic amines is 1. The van der Waals surface area contributed by atoms with E-state index in [2.05, 4.69) is 25.5 Å². The monoisotopic (exact) mass is 266 g/mol. The van der Waals surface area contributed by atoms with Crippen molar-refractivity contribution in [1.29, 1.82) is 0 Å². The number of imidazole rings is 1. The summed E-state index contributed by atoms with van der Waals surface area (Å²) in [5.41, 5.74) is 0. The second-order valence-corrected chi connectivity index (χ2v) is 4.62. The van der Waals surface area contributed by atoms with Crippen molar-refractivity contribution in [2.75, 3.05) is 18.9 Å². The highest BCUT2D eigenvalue weighted by Crippen LogP contribution is 2.16. The summed E-state index contributed by atoms with van der Waals surface area (Å²) in [7, 11) is 1.71. The Balaban J connectivity index is 2.01.